The molecule has 0 heterocycles. The van der Waals surface area contributed by atoms with Crippen molar-refractivity contribution in [2.24, 2.45) is 0 Å². The lowest BCUT2D eigenvalue weighted by Gasteiger charge is -2.18. The third-order valence-electron chi connectivity index (χ3n) is 11.2. The number of hydrogen-bond acceptors (Lipinski definition) is 5. The van der Waals surface area contributed by atoms with Gasteiger partial charge in [0.1, 0.15) is 6.61 Å². The molecule has 0 aromatic carbocycles. The Bertz CT molecular complexity index is 1110. The number of carbonyl (C=O) groups is 2. The van der Waals surface area contributed by atoms with Crippen LogP contribution in [-0.4, -0.2) is 37.9 Å². The minimum Gasteiger partial charge on any atom is -0.462 e. The van der Waals surface area contributed by atoms with Gasteiger partial charge in [-0.25, -0.2) is 0 Å². The van der Waals surface area contributed by atoms with Gasteiger partial charge in [-0.3, -0.25) is 9.59 Å². The summed E-state index contributed by atoms with van der Waals surface area (Å²) >= 11 is 0. The summed E-state index contributed by atoms with van der Waals surface area (Å²) in [5.41, 5.74) is 0. The van der Waals surface area contributed by atoms with Gasteiger partial charge in [0, 0.05) is 19.4 Å². The van der Waals surface area contributed by atoms with Crippen molar-refractivity contribution in [1.82, 2.24) is 0 Å². The molecule has 0 spiro atoms. The zero-order valence-corrected chi connectivity index (χ0v) is 41.1. The van der Waals surface area contributed by atoms with Crippen molar-refractivity contribution in [3.05, 3.63) is 72.9 Å². The number of esters is 2. The van der Waals surface area contributed by atoms with E-state index in [1.54, 1.807) is 0 Å². The molecule has 0 amide bonds. The third-order valence-corrected chi connectivity index (χ3v) is 11.2. The van der Waals surface area contributed by atoms with Gasteiger partial charge in [0.2, 0.25) is 0 Å². The zero-order valence-electron chi connectivity index (χ0n) is 41.1. The maximum absolute atomic E-state index is 12.8. The first kappa shape index (κ1) is 59.3. The van der Waals surface area contributed by atoms with Crippen molar-refractivity contribution in [2.45, 2.75) is 258 Å². The third kappa shape index (κ3) is 50.0. The molecule has 0 N–H and O–H groups in total. The van der Waals surface area contributed by atoms with Gasteiger partial charge in [0.25, 0.3) is 0 Å². The molecule has 5 heteroatoms. The topological polar surface area (TPSA) is 61.8 Å². The summed E-state index contributed by atoms with van der Waals surface area (Å²) < 4.78 is 17.4. The van der Waals surface area contributed by atoms with Gasteiger partial charge in [-0.2, -0.15) is 0 Å². The molecule has 0 aromatic rings. The minimum absolute atomic E-state index is 0.0721. The van der Waals surface area contributed by atoms with E-state index in [4.69, 9.17) is 14.2 Å². The molecule has 358 valence electrons. The quantitative estimate of drug-likeness (QED) is 0.0346. The summed E-state index contributed by atoms with van der Waals surface area (Å²) in [4.78, 5) is 25.4. The number of ether oxygens (including phenoxy) is 3. The van der Waals surface area contributed by atoms with E-state index in [0.29, 0.717) is 19.4 Å². The smallest absolute Gasteiger partial charge is 0.306 e. The second-order valence-electron chi connectivity index (χ2n) is 17.4. The molecule has 62 heavy (non-hydrogen) atoms. The van der Waals surface area contributed by atoms with Gasteiger partial charge in [0.05, 0.1) is 6.61 Å². The van der Waals surface area contributed by atoms with Crippen molar-refractivity contribution in [3.8, 4) is 0 Å². The van der Waals surface area contributed by atoms with Crippen LogP contribution < -0.4 is 0 Å². The van der Waals surface area contributed by atoms with Gasteiger partial charge < -0.3 is 14.2 Å². The van der Waals surface area contributed by atoms with Crippen LogP contribution in [0.4, 0.5) is 0 Å². The Balaban J connectivity index is 4.26. The van der Waals surface area contributed by atoms with Gasteiger partial charge in [-0.15, -0.1) is 0 Å². The van der Waals surface area contributed by atoms with E-state index in [2.05, 4.69) is 93.7 Å². The minimum atomic E-state index is -0.551. The molecule has 0 aliphatic carbocycles. The van der Waals surface area contributed by atoms with E-state index in [9.17, 15) is 9.59 Å². The highest BCUT2D eigenvalue weighted by molar-refractivity contribution is 5.70. The van der Waals surface area contributed by atoms with E-state index >= 15 is 0 Å². The van der Waals surface area contributed by atoms with E-state index < -0.39 is 6.10 Å². The lowest BCUT2D eigenvalue weighted by atomic mass is 10.1. The fourth-order valence-corrected chi connectivity index (χ4v) is 7.24. The van der Waals surface area contributed by atoms with Gasteiger partial charge >= 0.3 is 11.9 Å². The van der Waals surface area contributed by atoms with E-state index in [-0.39, 0.29) is 25.2 Å². The second kappa shape index (κ2) is 52.7. The van der Waals surface area contributed by atoms with Crippen LogP contribution in [0.2, 0.25) is 0 Å². The average molecular weight is 865 g/mol. The average Bonchev–Trinajstić information content (AvgIpc) is 3.27. The van der Waals surface area contributed by atoms with Crippen LogP contribution >= 0.6 is 0 Å². The zero-order chi connectivity index (χ0) is 44.9. The highest BCUT2D eigenvalue weighted by Crippen LogP contribution is 2.14. The Labute approximate surface area is 385 Å². The standard InChI is InChI=1S/C57H100O5/c1-4-7-10-13-16-19-22-25-27-28-29-30-32-33-35-38-41-44-47-50-56(58)61-54-55(53-60-52-49-46-43-40-37-24-21-18-15-12-9-6-3)62-57(59)51-48-45-42-39-36-34-31-26-23-20-17-14-11-8-5-2/h8,11,15-20,25-27,31,55H,4-7,9-10,12-14,21-24,28-30,32-54H2,1-3H3/b11-8-,18-15-,19-16-,20-17-,27-25-,31-26-. The fraction of sp³-hybridized carbons (Fsp3) is 0.754. The largest absolute Gasteiger partial charge is 0.462 e. The summed E-state index contributed by atoms with van der Waals surface area (Å²) in [6.07, 6.45) is 67.6. The van der Waals surface area contributed by atoms with Gasteiger partial charge in [0.15, 0.2) is 6.10 Å². The molecule has 1 unspecified atom stereocenters. The first-order valence-electron chi connectivity index (χ1n) is 26.5. The summed E-state index contributed by atoms with van der Waals surface area (Å²) in [6.45, 7) is 7.64. The van der Waals surface area contributed by atoms with Gasteiger partial charge in [-0.05, 0) is 103 Å². The lowest BCUT2D eigenvalue weighted by molar-refractivity contribution is -0.163. The van der Waals surface area contributed by atoms with Crippen LogP contribution in [-0.2, 0) is 23.8 Å². The lowest BCUT2D eigenvalue weighted by Crippen LogP contribution is -2.30. The van der Waals surface area contributed by atoms with E-state index in [1.807, 2.05) is 0 Å². The van der Waals surface area contributed by atoms with Gasteiger partial charge in [-0.1, -0.05) is 209 Å². The molecule has 0 fully saturated rings. The predicted molar refractivity (Wildman–Crippen MR) is 270 cm³/mol. The molecule has 0 bridgehead atoms. The molecular formula is C57H100O5. The maximum Gasteiger partial charge on any atom is 0.306 e. The Morgan fingerprint density at radius 2 is 0.742 bits per heavy atom. The Morgan fingerprint density at radius 1 is 0.371 bits per heavy atom. The van der Waals surface area contributed by atoms with Crippen molar-refractivity contribution in [3.63, 3.8) is 0 Å². The van der Waals surface area contributed by atoms with Crippen LogP contribution in [0.25, 0.3) is 0 Å². The first-order valence-corrected chi connectivity index (χ1v) is 26.5. The molecule has 0 saturated heterocycles. The van der Waals surface area contributed by atoms with E-state index in [1.165, 1.54) is 141 Å². The van der Waals surface area contributed by atoms with Crippen LogP contribution in [0, 0.1) is 0 Å². The number of hydrogen-bond donors (Lipinski definition) is 0. The molecule has 0 saturated carbocycles. The normalized spacial score (nSPS) is 12.8. The predicted octanol–water partition coefficient (Wildman–Crippen LogP) is 17.9. The Hall–Kier alpha value is -2.66. The summed E-state index contributed by atoms with van der Waals surface area (Å²) in [6, 6.07) is 0. The number of allylic oxidation sites excluding steroid dienone is 12. The highest BCUT2D eigenvalue weighted by Gasteiger charge is 2.17. The fourth-order valence-electron chi connectivity index (χ4n) is 7.24. The molecule has 0 aliphatic heterocycles. The number of unbranched alkanes of at least 4 members (excludes halogenated alkanes) is 25. The highest BCUT2D eigenvalue weighted by atomic mass is 16.6. The molecule has 0 radical (unpaired) electrons. The monoisotopic (exact) mass is 865 g/mol. The van der Waals surface area contributed by atoms with Crippen molar-refractivity contribution < 1.29 is 23.8 Å². The molecule has 0 aromatic heterocycles. The van der Waals surface area contributed by atoms with Crippen LogP contribution in [0.3, 0.4) is 0 Å². The van der Waals surface area contributed by atoms with Crippen molar-refractivity contribution >= 4 is 11.9 Å². The SMILES string of the molecule is CC/C=C\C/C=C\C/C=C\CCCCCCCC(=O)OC(COCCCCCCCC/C=C\CCCC)COC(=O)CCCCCCCCCCC/C=C\C/C=C\CCCCC. The Kier molecular flexibility index (Phi) is 50.4. The van der Waals surface area contributed by atoms with Crippen LogP contribution in [0.5, 0.6) is 0 Å². The molecule has 0 rings (SSSR count). The summed E-state index contributed by atoms with van der Waals surface area (Å²) in [7, 11) is 0. The number of rotatable bonds is 48. The molecule has 5 nitrogen and oxygen atoms in total. The molecule has 1 atom stereocenters. The Morgan fingerprint density at radius 3 is 1.23 bits per heavy atom. The van der Waals surface area contributed by atoms with Crippen molar-refractivity contribution in [2.75, 3.05) is 19.8 Å². The summed E-state index contributed by atoms with van der Waals surface area (Å²) in [5, 5.41) is 0. The van der Waals surface area contributed by atoms with Crippen molar-refractivity contribution in [1.29, 1.82) is 0 Å². The second-order valence-corrected chi connectivity index (χ2v) is 17.4. The van der Waals surface area contributed by atoms with Crippen LogP contribution in [0.1, 0.15) is 252 Å². The molecule has 0 aliphatic rings. The van der Waals surface area contributed by atoms with Crippen LogP contribution in [0.15, 0.2) is 72.9 Å². The van der Waals surface area contributed by atoms with E-state index in [0.717, 1.165) is 77.0 Å². The molecular weight excluding hydrogens is 765 g/mol. The summed E-state index contributed by atoms with van der Waals surface area (Å²) in [5.74, 6) is -0.421. The first-order chi connectivity index (χ1) is 30.6. The maximum atomic E-state index is 12.8. The number of carbonyl (C=O) groups excluding carboxylic acids is 2.